The first-order valence-electron chi connectivity index (χ1n) is 6.58. The van der Waals surface area contributed by atoms with E-state index in [4.69, 9.17) is 0 Å². The van der Waals surface area contributed by atoms with Gasteiger partial charge < -0.3 is 5.32 Å². The van der Waals surface area contributed by atoms with Gasteiger partial charge in [0.15, 0.2) is 5.82 Å². The second kappa shape index (κ2) is 5.57. The van der Waals surface area contributed by atoms with E-state index >= 15 is 0 Å². The highest BCUT2D eigenvalue weighted by Gasteiger charge is 2.05. The normalized spacial score (nSPS) is 10.4. The largest absolute Gasteiger partial charge is 0.378 e. The number of para-hydroxylation sites is 1. The molecule has 0 saturated heterocycles. The van der Waals surface area contributed by atoms with Gasteiger partial charge in [0.25, 0.3) is 0 Å². The third kappa shape index (κ3) is 2.69. The van der Waals surface area contributed by atoms with Crippen LogP contribution in [0.1, 0.15) is 11.4 Å². The van der Waals surface area contributed by atoms with Gasteiger partial charge in [-0.3, -0.25) is 4.57 Å². The Balaban J connectivity index is 1.76. The van der Waals surface area contributed by atoms with Crippen molar-refractivity contribution in [2.45, 2.75) is 13.5 Å². The molecule has 0 saturated carbocycles. The number of anilines is 1. The minimum absolute atomic E-state index is 0.637. The molecule has 100 valence electrons. The van der Waals surface area contributed by atoms with Crippen LogP contribution in [0.3, 0.4) is 0 Å². The first-order valence-corrected chi connectivity index (χ1v) is 6.58. The van der Waals surface area contributed by atoms with Gasteiger partial charge in [0, 0.05) is 11.4 Å². The maximum Gasteiger partial charge on any atom is 0.156 e. The Morgan fingerprint density at radius 3 is 2.50 bits per heavy atom. The fourth-order valence-corrected chi connectivity index (χ4v) is 2.04. The van der Waals surface area contributed by atoms with E-state index in [2.05, 4.69) is 46.7 Å². The molecular formula is C16H16N4. The van der Waals surface area contributed by atoms with Crippen LogP contribution in [-0.4, -0.2) is 14.8 Å². The highest BCUT2D eigenvalue weighted by molar-refractivity contribution is 5.44. The third-order valence-electron chi connectivity index (χ3n) is 3.15. The zero-order valence-corrected chi connectivity index (χ0v) is 11.3. The van der Waals surface area contributed by atoms with E-state index in [-0.39, 0.29) is 0 Å². The summed E-state index contributed by atoms with van der Waals surface area (Å²) in [6, 6.07) is 18.4. The number of rotatable bonds is 4. The van der Waals surface area contributed by atoms with Crippen molar-refractivity contribution in [2.75, 3.05) is 5.32 Å². The van der Waals surface area contributed by atoms with Crippen molar-refractivity contribution in [1.29, 1.82) is 0 Å². The molecule has 2 aromatic carbocycles. The number of nitrogens with one attached hydrogen (secondary N) is 1. The molecule has 4 heteroatoms. The zero-order valence-electron chi connectivity index (χ0n) is 11.3. The van der Waals surface area contributed by atoms with Crippen LogP contribution in [0.5, 0.6) is 0 Å². The molecule has 1 N–H and O–H groups in total. The first-order chi connectivity index (χ1) is 9.83. The molecule has 0 unspecified atom stereocenters. The lowest BCUT2D eigenvalue weighted by Crippen LogP contribution is -2.07. The number of benzene rings is 2. The summed E-state index contributed by atoms with van der Waals surface area (Å²) in [6.07, 6.45) is 1.74. The quantitative estimate of drug-likeness (QED) is 0.787. The Labute approximate surface area is 118 Å². The van der Waals surface area contributed by atoms with Gasteiger partial charge in [-0.15, -0.1) is 10.2 Å². The van der Waals surface area contributed by atoms with Crippen molar-refractivity contribution >= 4 is 5.69 Å². The van der Waals surface area contributed by atoms with Crippen molar-refractivity contribution in [2.24, 2.45) is 0 Å². The Kier molecular flexibility index (Phi) is 3.46. The smallest absolute Gasteiger partial charge is 0.156 e. The highest BCUT2D eigenvalue weighted by atomic mass is 15.3. The molecule has 1 heterocycles. The highest BCUT2D eigenvalue weighted by Crippen LogP contribution is 2.12. The molecule has 1 aromatic heterocycles. The first kappa shape index (κ1) is 12.4. The van der Waals surface area contributed by atoms with Crippen LogP contribution < -0.4 is 5.32 Å². The molecule has 0 spiro atoms. The molecule has 3 aromatic rings. The SMILES string of the molecule is Cc1ccc(NCc2nncn2-c2ccccc2)cc1. The van der Waals surface area contributed by atoms with Gasteiger partial charge >= 0.3 is 0 Å². The molecule has 20 heavy (non-hydrogen) atoms. The van der Waals surface area contributed by atoms with Gasteiger partial charge in [-0.05, 0) is 31.2 Å². The van der Waals surface area contributed by atoms with Crippen LogP contribution in [0.15, 0.2) is 60.9 Å². The third-order valence-corrected chi connectivity index (χ3v) is 3.15. The summed E-state index contributed by atoms with van der Waals surface area (Å²) in [5, 5.41) is 11.5. The number of aromatic nitrogens is 3. The molecule has 0 atom stereocenters. The van der Waals surface area contributed by atoms with Crippen molar-refractivity contribution in [3.05, 3.63) is 72.3 Å². The zero-order chi connectivity index (χ0) is 13.8. The minimum atomic E-state index is 0.637. The van der Waals surface area contributed by atoms with Crippen LogP contribution in [0.25, 0.3) is 5.69 Å². The van der Waals surface area contributed by atoms with Crippen molar-refractivity contribution in [1.82, 2.24) is 14.8 Å². The van der Waals surface area contributed by atoms with Gasteiger partial charge in [0.2, 0.25) is 0 Å². The van der Waals surface area contributed by atoms with Crippen LogP contribution in [0.2, 0.25) is 0 Å². The predicted octanol–water partition coefficient (Wildman–Crippen LogP) is 3.19. The van der Waals surface area contributed by atoms with Crippen LogP contribution in [0.4, 0.5) is 5.69 Å². The van der Waals surface area contributed by atoms with E-state index in [1.54, 1.807) is 6.33 Å². The number of hydrogen-bond donors (Lipinski definition) is 1. The maximum atomic E-state index is 4.18. The fraction of sp³-hybridized carbons (Fsp3) is 0.125. The number of aryl methyl sites for hydroxylation is 1. The van der Waals surface area contributed by atoms with Crippen LogP contribution in [0, 0.1) is 6.92 Å². The molecule has 4 nitrogen and oxygen atoms in total. The lowest BCUT2D eigenvalue weighted by atomic mass is 10.2. The van der Waals surface area contributed by atoms with E-state index in [1.807, 2.05) is 34.9 Å². The number of nitrogens with zero attached hydrogens (tertiary/aromatic N) is 3. The lowest BCUT2D eigenvalue weighted by Gasteiger charge is -2.08. The molecule has 0 amide bonds. The predicted molar refractivity (Wildman–Crippen MR) is 79.9 cm³/mol. The van der Waals surface area contributed by atoms with Crippen molar-refractivity contribution in [3.63, 3.8) is 0 Å². The number of hydrogen-bond acceptors (Lipinski definition) is 3. The summed E-state index contributed by atoms with van der Waals surface area (Å²) in [5.41, 5.74) is 3.40. The summed E-state index contributed by atoms with van der Waals surface area (Å²) in [4.78, 5) is 0. The molecule has 0 bridgehead atoms. The van der Waals surface area contributed by atoms with Crippen molar-refractivity contribution < 1.29 is 0 Å². The van der Waals surface area contributed by atoms with E-state index in [0.29, 0.717) is 6.54 Å². The summed E-state index contributed by atoms with van der Waals surface area (Å²) >= 11 is 0. The summed E-state index contributed by atoms with van der Waals surface area (Å²) in [5.74, 6) is 0.886. The van der Waals surface area contributed by atoms with Gasteiger partial charge in [-0.25, -0.2) is 0 Å². The van der Waals surface area contributed by atoms with E-state index in [0.717, 1.165) is 17.2 Å². The summed E-state index contributed by atoms with van der Waals surface area (Å²) in [7, 11) is 0. The van der Waals surface area contributed by atoms with Gasteiger partial charge in [-0.2, -0.15) is 0 Å². The molecule has 3 rings (SSSR count). The average molecular weight is 264 g/mol. The molecule has 0 fully saturated rings. The van der Waals surface area contributed by atoms with Gasteiger partial charge in [-0.1, -0.05) is 35.9 Å². The summed E-state index contributed by atoms with van der Waals surface area (Å²) < 4.78 is 1.99. The van der Waals surface area contributed by atoms with E-state index < -0.39 is 0 Å². The second-order valence-corrected chi connectivity index (χ2v) is 4.67. The molecule has 0 aliphatic heterocycles. The van der Waals surface area contributed by atoms with Crippen LogP contribution >= 0.6 is 0 Å². The Morgan fingerprint density at radius 1 is 1.00 bits per heavy atom. The van der Waals surface area contributed by atoms with E-state index in [9.17, 15) is 0 Å². The van der Waals surface area contributed by atoms with Gasteiger partial charge in [0.05, 0.1) is 6.54 Å². The second-order valence-electron chi connectivity index (χ2n) is 4.67. The molecule has 0 radical (unpaired) electrons. The van der Waals surface area contributed by atoms with Crippen LogP contribution in [-0.2, 0) is 6.54 Å². The Hall–Kier alpha value is -2.62. The Bertz CT molecular complexity index is 671. The topological polar surface area (TPSA) is 42.7 Å². The maximum absolute atomic E-state index is 4.18. The fourth-order valence-electron chi connectivity index (χ4n) is 2.04. The molecular weight excluding hydrogens is 248 g/mol. The molecule has 0 aliphatic rings. The minimum Gasteiger partial charge on any atom is -0.378 e. The lowest BCUT2D eigenvalue weighted by molar-refractivity contribution is 0.891. The monoisotopic (exact) mass is 264 g/mol. The van der Waals surface area contributed by atoms with Gasteiger partial charge in [0.1, 0.15) is 6.33 Å². The Morgan fingerprint density at radius 2 is 1.75 bits per heavy atom. The van der Waals surface area contributed by atoms with E-state index in [1.165, 1.54) is 5.56 Å². The standard InChI is InChI=1S/C16H16N4/c1-13-7-9-14(10-8-13)17-11-16-19-18-12-20(16)15-5-3-2-4-6-15/h2-10,12,17H,11H2,1H3. The molecule has 0 aliphatic carbocycles. The summed E-state index contributed by atoms with van der Waals surface area (Å²) in [6.45, 7) is 2.72. The van der Waals surface area contributed by atoms with Crippen molar-refractivity contribution in [3.8, 4) is 5.69 Å². The average Bonchev–Trinajstić information content (AvgIpc) is 2.96.